The molecular weight excluding hydrogens is 270 g/mol. The van der Waals surface area contributed by atoms with Gasteiger partial charge in [0.05, 0.1) is 0 Å². The van der Waals surface area contributed by atoms with Crippen LogP contribution in [0.2, 0.25) is 0 Å². The predicted molar refractivity (Wildman–Crippen MR) is 81.1 cm³/mol. The van der Waals surface area contributed by atoms with Crippen molar-refractivity contribution in [3.63, 3.8) is 0 Å². The molecule has 0 amide bonds. The normalized spacial score (nSPS) is 11.2. The first kappa shape index (κ1) is 11.4. The van der Waals surface area contributed by atoms with E-state index in [1.807, 2.05) is 54.6 Å². The first-order valence-electron chi connectivity index (χ1n) is 6.21. The summed E-state index contributed by atoms with van der Waals surface area (Å²) in [5, 5.41) is 1.48. The fraction of sp³-hybridized carbons (Fsp3) is 0. The number of hydrogen-bond acceptors (Lipinski definition) is 4. The summed E-state index contributed by atoms with van der Waals surface area (Å²) in [7, 11) is 0. The summed E-state index contributed by atoms with van der Waals surface area (Å²) in [6, 6.07) is 17.3. The molecule has 0 N–H and O–H groups in total. The van der Waals surface area contributed by atoms with E-state index in [0.29, 0.717) is 11.3 Å². The number of aromatic nitrogens is 1. The van der Waals surface area contributed by atoms with Gasteiger partial charge in [-0.25, -0.2) is 9.78 Å². The number of fused-ring (bicyclic) bond motifs is 3. The van der Waals surface area contributed by atoms with Gasteiger partial charge in [0.2, 0.25) is 5.89 Å². The van der Waals surface area contributed by atoms with Gasteiger partial charge in [0, 0.05) is 15.6 Å². The van der Waals surface area contributed by atoms with Gasteiger partial charge in [-0.2, -0.15) is 0 Å². The third-order valence-corrected chi connectivity index (χ3v) is 4.26. The summed E-state index contributed by atoms with van der Waals surface area (Å²) in [5.41, 5.74) is 0.482. The lowest BCUT2D eigenvalue weighted by atomic mass is 10.2. The van der Waals surface area contributed by atoms with Gasteiger partial charge in [-0.05, 0) is 18.2 Å². The molecule has 0 aliphatic carbocycles. The van der Waals surface area contributed by atoms with Crippen LogP contribution < -0.4 is 5.63 Å². The van der Waals surface area contributed by atoms with Crippen LogP contribution >= 0.6 is 11.3 Å². The van der Waals surface area contributed by atoms with E-state index in [4.69, 9.17) is 4.42 Å². The van der Waals surface area contributed by atoms with Gasteiger partial charge in [0.1, 0.15) is 10.2 Å². The summed E-state index contributed by atoms with van der Waals surface area (Å²) < 4.78 is 6.43. The van der Waals surface area contributed by atoms with Crippen molar-refractivity contribution in [2.75, 3.05) is 0 Å². The molecule has 0 aliphatic rings. The molecule has 2 aromatic carbocycles. The maximum Gasteiger partial charge on any atom is 0.348 e. The number of nitrogens with zero attached hydrogens (tertiary/aromatic N) is 1. The minimum Gasteiger partial charge on any atom is -0.403 e. The molecule has 20 heavy (non-hydrogen) atoms. The van der Waals surface area contributed by atoms with Crippen LogP contribution in [0.3, 0.4) is 0 Å². The SMILES string of the molecule is O=c1oc(-c2ccccc2)nc2sc3ccccc3c12. The molecule has 2 aromatic heterocycles. The van der Waals surface area contributed by atoms with E-state index in [1.54, 1.807) is 0 Å². The maximum absolute atomic E-state index is 12.2. The quantitative estimate of drug-likeness (QED) is 0.527. The van der Waals surface area contributed by atoms with Gasteiger partial charge in [0.15, 0.2) is 0 Å². The number of thiophene rings is 1. The zero-order valence-electron chi connectivity index (χ0n) is 10.4. The minimum absolute atomic E-state index is 0.327. The Bertz CT molecular complexity index is 970. The highest BCUT2D eigenvalue weighted by Gasteiger charge is 2.13. The van der Waals surface area contributed by atoms with E-state index in [-0.39, 0.29) is 5.63 Å². The van der Waals surface area contributed by atoms with Crippen LogP contribution in [-0.2, 0) is 0 Å². The molecule has 0 saturated carbocycles. The summed E-state index contributed by atoms with van der Waals surface area (Å²) >= 11 is 1.51. The molecule has 0 saturated heterocycles. The average molecular weight is 279 g/mol. The summed E-state index contributed by atoms with van der Waals surface area (Å²) in [4.78, 5) is 17.5. The molecule has 0 spiro atoms. The molecule has 4 heteroatoms. The molecule has 0 radical (unpaired) electrons. The molecule has 4 rings (SSSR count). The molecule has 0 unspecified atom stereocenters. The van der Waals surface area contributed by atoms with Crippen molar-refractivity contribution in [1.29, 1.82) is 0 Å². The average Bonchev–Trinajstić information content (AvgIpc) is 2.87. The van der Waals surface area contributed by atoms with Gasteiger partial charge in [-0.1, -0.05) is 36.4 Å². The largest absolute Gasteiger partial charge is 0.403 e. The van der Waals surface area contributed by atoms with E-state index in [9.17, 15) is 4.79 Å². The van der Waals surface area contributed by atoms with E-state index in [0.717, 1.165) is 20.5 Å². The van der Waals surface area contributed by atoms with Gasteiger partial charge in [-0.15, -0.1) is 11.3 Å². The van der Waals surface area contributed by atoms with Crippen LogP contribution in [0.25, 0.3) is 31.8 Å². The Labute approximate surface area is 118 Å². The first-order valence-corrected chi connectivity index (χ1v) is 7.02. The van der Waals surface area contributed by atoms with Crippen LogP contribution in [0.15, 0.2) is 63.8 Å². The second-order valence-electron chi connectivity index (χ2n) is 4.45. The van der Waals surface area contributed by atoms with Crippen molar-refractivity contribution in [2.45, 2.75) is 0 Å². The molecule has 0 fully saturated rings. The molecule has 0 atom stereocenters. The molecular formula is C16H9NO2S. The Kier molecular flexibility index (Phi) is 2.44. The Morgan fingerprint density at radius 1 is 0.950 bits per heavy atom. The lowest BCUT2D eigenvalue weighted by Gasteiger charge is -1.98. The Morgan fingerprint density at radius 2 is 1.70 bits per heavy atom. The Morgan fingerprint density at radius 3 is 2.55 bits per heavy atom. The van der Waals surface area contributed by atoms with Crippen molar-refractivity contribution in [2.24, 2.45) is 0 Å². The number of benzene rings is 2. The minimum atomic E-state index is -0.327. The zero-order chi connectivity index (χ0) is 13.5. The predicted octanol–water partition coefficient (Wildman–Crippen LogP) is 4.07. The van der Waals surface area contributed by atoms with E-state index in [1.165, 1.54) is 11.3 Å². The van der Waals surface area contributed by atoms with Gasteiger partial charge in [0.25, 0.3) is 0 Å². The van der Waals surface area contributed by atoms with Crippen molar-refractivity contribution in [3.05, 3.63) is 65.0 Å². The molecule has 3 nitrogen and oxygen atoms in total. The fourth-order valence-corrected chi connectivity index (χ4v) is 3.33. The number of rotatable bonds is 1. The van der Waals surface area contributed by atoms with Crippen LogP contribution in [-0.4, -0.2) is 4.98 Å². The van der Waals surface area contributed by atoms with E-state index in [2.05, 4.69) is 4.98 Å². The van der Waals surface area contributed by atoms with Gasteiger partial charge in [-0.3, -0.25) is 0 Å². The molecule has 4 aromatic rings. The van der Waals surface area contributed by atoms with Crippen molar-refractivity contribution >= 4 is 31.6 Å². The highest BCUT2D eigenvalue weighted by atomic mass is 32.1. The van der Waals surface area contributed by atoms with E-state index < -0.39 is 0 Å². The molecule has 96 valence electrons. The first-order chi connectivity index (χ1) is 9.83. The van der Waals surface area contributed by atoms with Crippen LogP contribution in [0.5, 0.6) is 0 Å². The van der Waals surface area contributed by atoms with Crippen molar-refractivity contribution < 1.29 is 4.42 Å². The van der Waals surface area contributed by atoms with Crippen molar-refractivity contribution in [1.82, 2.24) is 4.98 Å². The third-order valence-electron chi connectivity index (χ3n) is 3.19. The monoisotopic (exact) mass is 279 g/mol. The van der Waals surface area contributed by atoms with E-state index >= 15 is 0 Å². The third kappa shape index (κ3) is 1.66. The highest BCUT2D eigenvalue weighted by molar-refractivity contribution is 7.25. The zero-order valence-corrected chi connectivity index (χ0v) is 11.2. The second-order valence-corrected chi connectivity index (χ2v) is 5.48. The van der Waals surface area contributed by atoms with Gasteiger partial charge < -0.3 is 4.42 Å². The summed E-state index contributed by atoms with van der Waals surface area (Å²) in [6.07, 6.45) is 0. The Hall–Kier alpha value is -2.46. The van der Waals surface area contributed by atoms with Crippen LogP contribution in [0.4, 0.5) is 0 Å². The molecule has 0 aliphatic heterocycles. The standard InChI is InChI=1S/C16H9NO2S/c18-16-13-11-8-4-5-9-12(11)20-15(13)17-14(19-16)10-6-2-1-3-7-10/h1-9H. The fourth-order valence-electron chi connectivity index (χ4n) is 2.27. The van der Waals surface area contributed by atoms with Crippen LogP contribution in [0, 0.1) is 0 Å². The highest BCUT2D eigenvalue weighted by Crippen LogP contribution is 2.31. The summed E-state index contributed by atoms with van der Waals surface area (Å²) in [6.45, 7) is 0. The topological polar surface area (TPSA) is 43.1 Å². The smallest absolute Gasteiger partial charge is 0.348 e. The van der Waals surface area contributed by atoms with Gasteiger partial charge >= 0.3 is 5.63 Å². The number of hydrogen-bond donors (Lipinski definition) is 0. The lowest BCUT2D eigenvalue weighted by Crippen LogP contribution is -2.01. The second kappa shape index (κ2) is 4.28. The Balaban J connectivity index is 2.09. The van der Waals surface area contributed by atoms with Crippen LogP contribution in [0.1, 0.15) is 0 Å². The summed E-state index contributed by atoms with van der Waals surface area (Å²) in [5.74, 6) is 0.370. The van der Waals surface area contributed by atoms with Crippen molar-refractivity contribution in [3.8, 4) is 11.5 Å². The molecule has 0 bridgehead atoms. The lowest BCUT2D eigenvalue weighted by molar-refractivity contribution is 0.519. The molecule has 2 heterocycles. The maximum atomic E-state index is 12.2.